The van der Waals surface area contributed by atoms with Crippen LogP contribution in [0.5, 0.6) is 0 Å². The molecule has 0 spiro atoms. The van der Waals surface area contributed by atoms with Gasteiger partial charge in [-0.2, -0.15) is 0 Å². The summed E-state index contributed by atoms with van der Waals surface area (Å²) in [5.74, 6) is -1.53. The van der Waals surface area contributed by atoms with Crippen LogP contribution in [0.25, 0.3) is 0 Å². The molecule has 1 aromatic rings. The molecule has 4 atom stereocenters. The zero-order valence-corrected chi connectivity index (χ0v) is 10.4. The highest BCUT2D eigenvalue weighted by molar-refractivity contribution is 5.73. The first-order chi connectivity index (χ1) is 9.36. The Morgan fingerprint density at radius 2 is 2.20 bits per heavy atom. The molecule has 0 amide bonds. The Kier molecular flexibility index (Phi) is 3.73. The minimum atomic E-state index is -2.09. The summed E-state index contributed by atoms with van der Waals surface area (Å²) in [6, 6.07) is 0. The summed E-state index contributed by atoms with van der Waals surface area (Å²) in [6.07, 6.45) is -5.94. The van der Waals surface area contributed by atoms with E-state index in [1.165, 1.54) is 0 Å². The van der Waals surface area contributed by atoms with Gasteiger partial charge in [-0.05, 0) is 6.42 Å². The van der Waals surface area contributed by atoms with Gasteiger partial charge < -0.3 is 14.9 Å². The number of H-pyrrole nitrogens is 1. The van der Waals surface area contributed by atoms with Crippen LogP contribution in [0.4, 0.5) is 4.39 Å². The molecular weight excluding hydrogens is 275 g/mol. The number of hydrogen-bond donors (Lipinski definition) is 3. The standard InChI is InChI=1S/C11H13FN2O6/c1-2-4-3-14(11(19)13-8(4)16)9-5(12)6(15)7(20-9)10(17)18/h3,5-7,9,15H,2H2,1H3,(H,17,18)(H,13,16,19)/t5-,6-,7-,9+/m0/s1. The molecule has 2 rings (SSSR count). The van der Waals surface area contributed by atoms with E-state index in [2.05, 4.69) is 0 Å². The van der Waals surface area contributed by atoms with Crippen molar-refractivity contribution >= 4 is 5.97 Å². The number of nitrogens with one attached hydrogen (secondary N) is 1. The minimum absolute atomic E-state index is 0.216. The van der Waals surface area contributed by atoms with E-state index in [0.717, 1.165) is 10.8 Å². The number of carboxylic acid groups (broad SMARTS) is 1. The van der Waals surface area contributed by atoms with Crippen LogP contribution >= 0.6 is 0 Å². The van der Waals surface area contributed by atoms with E-state index in [1.807, 2.05) is 4.98 Å². The summed E-state index contributed by atoms with van der Waals surface area (Å²) in [5, 5.41) is 18.2. The van der Waals surface area contributed by atoms with Gasteiger partial charge in [-0.3, -0.25) is 14.3 Å². The Bertz CT molecular complexity index is 639. The highest BCUT2D eigenvalue weighted by atomic mass is 19.1. The number of aromatic nitrogens is 2. The van der Waals surface area contributed by atoms with Crippen LogP contribution in [-0.4, -0.2) is 44.1 Å². The first kappa shape index (κ1) is 14.4. The van der Waals surface area contributed by atoms with Gasteiger partial charge in [0.05, 0.1) is 0 Å². The van der Waals surface area contributed by atoms with Crippen LogP contribution in [0.3, 0.4) is 0 Å². The second-order valence-electron chi connectivity index (χ2n) is 4.39. The minimum Gasteiger partial charge on any atom is -0.479 e. The molecule has 0 saturated carbocycles. The number of carbonyl (C=O) groups is 1. The van der Waals surface area contributed by atoms with Crippen LogP contribution < -0.4 is 11.2 Å². The molecule has 0 bridgehead atoms. The predicted molar refractivity (Wildman–Crippen MR) is 63.1 cm³/mol. The Morgan fingerprint density at radius 3 is 2.70 bits per heavy atom. The molecule has 2 heterocycles. The van der Waals surface area contributed by atoms with Crippen LogP contribution in [0.15, 0.2) is 15.8 Å². The lowest BCUT2D eigenvalue weighted by molar-refractivity contribution is -0.155. The van der Waals surface area contributed by atoms with Crippen molar-refractivity contribution < 1.29 is 24.1 Å². The zero-order chi connectivity index (χ0) is 15.0. The maximum atomic E-state index is 13.9. The van der Waals surface area contributed by atoms with Gasteiger partial charge in [0.15, 0.2) is 18.5 Å². The molecule has 1 saturated heterocycles. The van der Waals surface area contributed by atoms with E-state index < -0.39 is 41.8 Å². The summed E-state index contributed by atoms with van der Waals surface area (Å²) >= 11 is 0. The molecule has 110 valence electrons. The summed E-state index contributed by atoms with van der Waals surface area (Å²) in [5.41, 5.74) is -1.32. The molecule has 1 fully saturated rings. The number of nitrogens with zero attached hydrogens (tertiary/aromatic N) is 1. The molecular formula is C11H13FN2O6. The molecule has 3 N–H and O–H groups in total. The number of alkyl halides is 1. The van der Waals surface area contributed by atoms with Gasteiger partial charge in [0.25, 0.3) is 5.56 Å². The van der Waals surface area contributed by atoms with Crippen molar-refractivity contribution in [3.63, 3.8) is 0 Å². The SMILES string of the molecule is CCc1cn([C@@H]2O[C@H](C(=O)O)[C@@H](O)[C@@H]2F)c(=O)[nH]c1=O. The number of aliphatic hydroxyl groups is 1. The fourth-order valence-corrected chi connectivity index (χ4v) is 2.03. The average molecular weight is 288 g/mol. The van der Waals surface area contributed by atoms with E-state index >= 15 is 0 Å². The topological polar surface area (TPSA) is 122 Å². The summed E-state index contributed by atoms with van der Waals surface area (Å²) in [4.78, 5) is 35.9. The maximum Gasteiger partial charge on any atom is 0.335 e. The third-order valence-electron chi connectivity index (χ3n) is 3.13. The van der Waals surface area contributed by atoms with Crippen molar-refractivity contribution in [3.05, 3.63) is 32.6 Å². The monoisotopic (exact) mass is 288 g/mol. The van der Waals surface area contributed by atoms with Gasteiger partial charge in [0, 0.05) is 11.8 Å². The normalized spacial score (nSPS) is 29.6. The molecule has 0 radical (unpaired) electrons. The Labute approximate surface area is 111 Å². The number of hydrogen-bond acceptors (Lipinski definition) is 5. The summed E-state index contributed by atoms with van der Waals surface area (Å²) in [6.45, 7) is 1.66. The van der Waals surface area contributed by atoms with Crippen LogP contribution in [-0.2, 0) is 16.0 Å². The molecule has 1 aliphatic heterocycles. The fraction of sp³-hybridized carbons (Fsp3) is 0.545. The van der Waals surface area contributed by atoms with Gasteiger partial charge in [0.1, 0.15) is 6.10 Å². The zero-order valence-electron chi connectivity index (χ0n) is 10.4. The fourth-order valence-electron chi connectivity index (χ4n) is 2.03. The number of aliphatic hydroxyl groups excluding tert-OH is 1. The van der Waals surface area contributed by atoms with Crippen LogP contribution in [0, 0.1) is 0 Å². The lowest BCUT2D eigenvalue weighted by Crippen LogP contribution is -2.37. The largest absolute Gasteiger partial charge is 0.479 e. The van der Waals surface area contributed by atoms with Crippen LogP contribution in [0.2, 0.25) is 0 Å². The van der Waals surface area contributed by atoms with Gasteiger partial charge in [-0.15, -0.1) is 0 Å². The molecule has 0 unspecified atom stereocenters. The van der Waals surface area contributed by atoms with Crippen molar-refractivity contribution in [1.29, 1.82) is 0 Å². The third-order valence-corrected chi connectivity index (χ3v) is 3.13. The van der Waals surface area contributed by atoms with Gasteiger partial charge in [0.2, 0.25) is 0 Å². The Morgan fingerprint density at radius 1 is 1.55 bits per heavy atom. The molecule has 9 heteroatoms. The lowest BCUT2D eigenvalue weighted by Gasteiger charge is -2.16. The van der Waals surface area contributed by atoms with E-state index in [0.29, 0.717) is 6.42 Å². The number of ether oxygens (including phenoxy) is 1. The van der Waals surface area contributed by atoms with Crippen molar-refractivity contribution in [2.24, 2.45) is 0 Å². The number of halogens is 1. The summed E-state index contributed by atoms with van der Waals surface area (Å²) < 4.78 is 19.5. The second kappa shape index (κ2) is 5.17. The number of rotatable bonds is 3. The van der Waals surface area contributed by atoms with Crippen molar-refractivity contribution in [1.82, 2.24) is 9.55 Å². The third kappa shape index (κ3) is 2.25. The van der Waals surface area contributed by atoms with Crippen LogP contribution in [0.1, 0.15) is 18.7 Å². The average Bonchev–Trinajstić information content (AvgIpc) is 2.67. The van der Waals surface area contributed by atoms with E-state index in [1.54, 1.807) is 6.92 Å². The Balaban J connectivity index is 2.45. The van der Waals surface area contributed by atoms with E-state index in [9.17, 15) is 23.9 Å². The first-order valence-corrected chi connectivity index (χ1v) is 5.91. The lowest BCUT2D eigenvalue weighted by atomic mass is 10.1. The van der Waals surface area contributed by atoms with E-state index in [4.69, 9.17) is 9.84 Å². The highest BCUT2D eigenvalue weighted by Crippen LogP contribution is 2.30. The van der Waals surface area contributed by atoms with Gasteiger partial charge >= 0.3 is 11.7 Å². The highest BCUT2D eigenvalue weighted by Gasteiger charge is 2.49. The van der Waals surface area contributed by atoms with E-state index in [-0.39, 0.29) is 5.56 Å². The predicted octanol–water partition coefficient (Wildman–Crippen LogP) is -1.22. The molecule has 0 aliphatic carbocycles. The number of aromatic amines is 1. The van der Waals surface area contributed by atoms with Crippen molar-refractivity contribution in [2.75, 3.05) is 0 Å². The number of aliphatic carboxylic acids is 1. The smallest absolute Gasteiger partial charge is 0.335 e. The molecule has 1 aliphatic rings. The number of aryl methyl sites for hydroxylation is 1. The summed E-state index contributed by atoms with van der Waals surface area (Å²) in [7, 11) is 0. The van der Waals surface area contributed by atoms with Gasteiger partial charge in [-0.25, -0.2) is 14.0 Å². The van der Waals surface area contributed by atoms with Crippen molar-refractivity contribution in [2.45, 2.75) is 38.0 Å². The Hall–Kier alpha value is -2.00. The molecule has 1 aromatic heterocycles. The molecule has 8 nitrogen and oxygen atoms in total. The second-order valence-corrected chi connectivity index (χ2v) is 4.39. The maximum absolute atomic E-state index is 13.9. The van der Waals surface area contributed by atoms with Crippen molar-refractivity contribution in [3.8, 4) is 0 Å². The first-order valence-electron chi connectivity index (χ1n) is 5.91. The number of carboxylic acids is 1. The quantitative estimate of drug-likeness (QED) is 0.641. The van der Waals surface area contributed by atoms with Gasteiger partial charge in [-0.1, -0.05) is 6.92 Å². The molecule has 20 heavy (non-hydrogen) atoms. The molecule has 0 aromatic carbocycles.